The van der Waals surface area contributed by atoms with Crippen molar-refractivity contribution in [2.75, 3.05) is 17.7 Å². The number of nitrogens with two attached hydrogens (primary N) is 3. The second kappa shape index (κ2) is 14.0. The zero-order valence-corrected chi connectivity index (χ0v) is 21.4. The van der Waals surface area contributed by atoms with E-state index in [9.17, 15) is 14.0 Å². The topological polar surface area (TPSA) is 158 Å². The molecule has 1 atom stereocenters. The molecule has 9 nitrogen and oxygen atoms in total. The highest BCUT2D eigenvalue weighted by atomic mass is 35.5. The molecule has 0 unspecified atom stereocenters. The van der Waals surface area contributed by atoms with Crippen molar-refractivity contribution in [2.45, 2.75) is 25.5 Å². The van der Waals surface area contributed by atoms with Crippen molar-refractivity contribution in [1.29, 1.82) is 0 Å². The summed E-state index contributed by atoms with van der Waals surface area (Å²) in [6, 6.07) is 16.7. The van der Waals surface area contributed by atoms with Gasteiger partial charge in [-0.3, -0.25) is 9.59 Å². The number of guanidine groups is 1. The first-order valence-corrected chi connectivity index (χ1v) is 12.4. The summed E-state index contributed by atoms with van der Waals surface area (Å²) in [5.41, 5.74) is 19.7. The fourth-order valence-electron chi connectivity index (χ4n) is 3.45. The zero-order chi connectivity index (χ0) is 27.5. The van der Waals surface area contributed by atoms with Crippen LogP contribution >= 0.6 is 11.6 Å². The Hall–Kier alpha value is -4.15. The van der Waals surface area contributed by atoms with Gasteiger partial charge in [0.2, 0.25) is 5.91 Å². The maximum absolute atomic E-state index is 13.2. The highest BCUT2D eigenvalue weighted by molar-refractivity contribution is 6.17. The highest BCUT2D eigenvalue weighted by Gasteiger charge is 2.18. The van der Waals surface area contributed by atoms with Crippen molar-refractivity contribution >= 4 is 40.7 Å². The molecular formula is C27H30ClFN6O3. The van der Waals surface area contributed by atoms with Crippen molar-refractivity contribution in [2.24, 2.45) is 22.2 Å². The van der Waals surface area contributed by atoms with Gasteiger partial charge in [0.15, 0.2) is 5.96 Å². The number of nitrogens with one attached hydrogen (secondary N) is 2. The third kappa shape index (κ3) is 8.75. The summed E-state index contributed by atoms with van der Waals surface area (Å²) in [6.45, 7) is 0.495. The molecule has 2 amide bonds. The minimum absolute atomic E-state index is 0.0476. The van der Waals surface area contributed by atoms with E-state index in [1.165, 1.54) is 12.1 Å². The number of amides is 2. The van der Waals surface area contributed by atoms with E-state index in [4.69, 9.17) is 33.5 Å². The summed E-state index contributed by atoms with van der Waals surface area (Å²) in [5, 5.41) is 5.55. The molecule has 0 radical (unpaired) electrons. The standard InChI is InChI=1S/C27H30ClFN6O3/c28-12-1-13-33-25(36)22-11-10-21(15-24(22)38-16-18-2-6-19(29)7-3-18)34-26(37)23(30)14-17-4-8-20(9-5-17)35-27(31)32/h2-11,15,23H,1,12-14,16,30H2,(H,33,36)(H,34,37)(H4,31,32,35)/t23-/m0/s1. The van der Waals surface area contributed by atoms with Crippen LogP contribution in [0.2, 0.25) is 0 Å². The molecule has 0 saturated carbocycles. The number of benzene rings is 3. The molecule has 0 spiro atoms. The number of nitrogens with zero attached hydrogens (tertiary/aromatic N) is 1. The molecule has 3 rings (SSSR count). The molecule has 3 aromatic rings. The van der Waals surface area contributed by atoms with Gasteiger partial charge in [-0.2, -0.15) is 0 Å². The SMILES string of the molecule is NC(N)=Nc1ccc(C[C@H](N)C(=O)Nc2ccc(C(=O)NCCCCl)c(OCc3ccc(F)cc3)c2)cc1. The molecule has 0 bridgehead atoms. The van der Waals surface area contributed by atoms with Gasteiger partial charge in [0, 0.05) is 24.2 Å². The highest BCUT2D eigenvalue weighted by Crippen LogP contribution is 2.25. The summed E-state index contributed by atoms with van der Waals surface area (Å²) in [4.78, 5) is 29.5. The van der Waals surface area contributed by atoms with Gasteiger partial charge in [0.05, 0.1) is 17.3 Å². The number of alkyl halides is 1. The van der Waals surface area contributed by atoms with Crippen LogP contribution in [-0.2, 0) is 17.8 Å². The van der Waals surface area contributed by atoms with Crippen LogP contribution in [0.4, 0.5) is 15.8 Å². The second-order valence-electron chi connectivity index (χ2n) is 8.43. The Morgan fingerprint density at radius 3 is 2.34 bits per heavy atom. The van der Waals surface area contributed by atoms with Crippen molar-refractivity contribution in [3.05, 3.63) is 89.2 Å². The number of carbonyl (C=O) groups excluding carboxylic acids is 2. The van der Waals surface area contributed by atoms with E-state index in [2.05, 4.69) is 15.6 Å². The average molecular weight is 541 g/mol. The minimum atomic E-state index is -0.842. The van der Waals surface area contributed by atoms with Gasteiger partial charge in [0.1, 0.15) is 18.2 Å². The van der Waals surface area contributed by atoms with Crippen LogP contribution in [0.3, 0.4) is 0 Å². The summed E-state index contributed by atoms with van der Waals surface area (Å²) in [6.07, 6.45) is 0.894. The van der Waals surface area contributed by atoms with E-state index in [1.807, 2.05) is 0 Å². The Morgan fingerprint density at radius 1 is 1.00 bits per heavy atom. The normalized spacial score (nSPS) is 11.3. The van der Waals surface area contributed by atoms with Crippen molar-refractivity contribution < 1.29 is 18.7 Å². The molecule has 11 heteroatoms. The number of ether oxygens (including phenoxy) is 1. The number of hydrogen-bond donors (Lipinski definition) is 5. The first kappa shape index (κ1) is 28.4. The minimum Gasteiger partial charge on any atom is -0.488 e. The van der Waals surface area contributed by atoms with Crippen LogP contribution < -0.4 is 32.6 Å². The van der Waals surface area contributed by atoms with Crippen LogP contribution in [0.15, 0.2) is 71.7 Å². The summed E-state index contributed by atoms with van der Waals surface area (Å²) >= 11 is 5.69. The monoisotopic (exact) mass is 540 g/mol. The largest absolute Gasteiger partial charge is 0.488 e. The number of carbonyl (C=O) groups is 2. The number of hydrogen-bond acceptors (Lipinski definition) is 5. The van der Waals surface area contributed by atoms with E-state index in [0.717, 1.165) is 5.56 Å². The van der Waals surface area contributed by atoms with Gasteiger partial charge in [0.25, 0.3) is 5.91 Å². The third-order valence-corrected chi connectivity index (χ3v) is 5.65. The fraction of sp³-hybridized carbons (Fsp3) is 0.222. The molecule has 38 heavy (non-hydrogen) atoms. The second-order valence-corrected chi connectivity index (χ2v) is 8.81. The van der Waals surface area contributed by atoms with E-state index in [1.54, 1.807) is 54.6 Å². The molecule has 0 fully saturated rings. The van der Waals surface area contributed by atoms with Gasteiger partial charge in [-0.15, -0.1) is 11.6 Å². The Labute approximate surface area is 225 Å². The molecule has 8 N–H and O–H groups in total. The smallest absolute Gasteiger partial charge is 0.255 e. The van der Waals surface area contributed by atoms with E-state index < -0.39 is 11.9 Å². The van der Waals surface area contributed by atoms with E-state index in [0.29, 0.717) is 35.8 Å². The molecule has 0 aromatic heterocycles. The molecular weight excluding hydrogens is 511 g/mol. The molecule has 3 aromatic carbocycles. The average Bonchev–Trinajstić information content (AvgIpc) is 2.89. The molecule has 200 valence electrons. The van der Waals surface area contributed by atoms with E-state index in [-0.39, 0.29) is 42.0 Å². The van der Waals surface area contributed by atoms with Crippen LogP contribution in [0.25, 0.3) is 0 Å². The first-order valence-electron chi connectivity index (χ1n) is 11.9. The molecule has 0 aliphatic carbocycles. The molecule has 0 aliphatic heterocycles. The van der Waals surface area contributed by atoms with Gasteiger partial charge in [-0.25, -0.2) is 9.38 Å². The summed E-state index contributed by atoms with van der Waals surface area (Å²) < 4.78 is 19.1. The zero-order valence-electron chi connectivity index (χ0n) is 20.6. The fourth-order valence-corrected chi connectivity index (χ4v) is 3.58. The lowest BCUT2D eigenvalue weighted by Crippen LogP contribution is -2.37. The number of aliphatic imine (C=N–C) groups is 1. The Bertz CT molecular complexity index is 1260. The lowest BCUT2D eigenvalue weighted by molar-refractivity contribution is -0.117. The Balaban J connectivity index is 1.71. The summed E-state index contributed by atoms with van der Waals surface area (Å²) in [7, 11) is 0. The van der Waals surface area contributed by atoms with Crippen molar-refractivity contribution in [3.63, 3.8) is 0 Å². The number of halogens is 2. The van der Waals surface area contributed by atoms with Gasteiger partial charge in [-0.05, 0) is 60.4 Å². The van der Waals surface area contributed by atoms with Gasteiger partial charge in [-0.1, -0.05) is 24.3 Å². The lowest BCUT2D eigenvalue weighted by Gasteiger charge is -2.16. The Morgan fingerprint density at radius 2 is 1.68 bits per heavy atom. The number of rotatable bonds is 12. The van der Waals surface area contributed by atoms with Gasteiger partial charge < -0.3 is 32.6 Å². The third-order valence-electron chi connectivity index (χ3n) is 5.38. The maximum Gasteiger partial charge on any atom is 0.255 e. The summed E-state index contributed by atoms with van der Waals surface area (Å²) in [5.74, 6) is -0.503. The van der Waals surface area contributed by atoms with Crippen LogP contribution in [0.1, 0.15) is 27.9 Å². The molecule has 0 saturated heterocycles. The predicted molar refractivity (Wildman–Crippen MR) is 147 cm³/mol. The first-order chi connectivity index (χ1) is 18.2. The predicted octanol–water partition coefficient (Wildman–Crippen LogP) is 3.18. The maximum atomic E-state index is 13.2. The van der Waals surface area contributed by atoms with Crippen molar-refractivity contribution in [1.82, 2.24) is 5.32 Å². The van der Waals surface area contributed by atoms with Crippen LogP contribution in [0.5, 0.6) is 5.75 Å². The number of anilines is 1. The Kier molecular flexibility index (Phi) is 10.4. The quantitative estimate of drug-likeness (QED) is 0.103. The van der Waals surface area contributed by atoms with Crippen LogP contribution in [-0.4, -0.2) is 36.2 Å². The molecule has 0 aliphatic rings. The van der Waals surface area contributed by atoms with Gasteiger partial charge >= 0.3 is 0 Å². The van der Waals surface area contributed by atoms with E-state index >= 15 is 0 Å². The van der Waals surface area contributed by atoms with Crippen molar-refractivity contribution in [3.8, 4) is 5.75 Å². The lowest BCUT2D eigenvalue weighted by atomic mass is 10.1. The molecule has 0 heterocycles. The van der Waals surface area contributed by atoms with Crippen LogP contribution in [0, 0.1) is 5.82 Å².